The van der Waals surface area contributed by atoms with E-state index in [4.69, 9.17) is 9.47 Å². The highest BCUT2D eigenvalue weighted by Gasteiger charge is 2.47. The summed E-state index contributed by atoms with van der Waals surface area (Å²) in [5.74, 6) is 1.50. The second-order valence-electron chi connectivity index (χ2n) is 4.28. The number of benzene rings is 1. The Morgan fingerprint density at radius 3 is 2.73 bits per heavy atom. The molecule has 0 unspecified atom stereocenters. The van der Waals surface area contributed by atoms with E-state index in [1.54, 1.807) is 0 Å². The first-order chi connectivity index (χ1) is 7.31. The lowest BCUT2D eigenvalue weighted by atomic mass is 9.91. The summed E-state index contributed by atoms with van der Waals surface area (Å²) in [5, 5.41) is 3.13. The first-order valence-corrected chi connectivity index (χ1v) is 5.47. The second kappa shape index (κ2) is 3.14. The van der Waals surface area contributed by atoms with Crippen molar-refractivity contribution >= 4 is 0 Å². The van der Waals surface area contributed by atoms with E-state index in [1.807, 2.05) is 13.1 Å². The van der Waals surface area contributed by atoms with Gasteiger partial charge in [-0.2, -0.15) is 0 Å². The highest BCUT2D eigenvalue weighted by atomic mass is 16.7. The third kappa shape index (κ3) is 1.38. The average molecular weight is 205 g/mol. The highest BCUT2D eigenvalue weighted by molar-refractivity contribution is 5.46. The lowest BCUT2D eigenvalue weighted by Gasteiger charge is -2.35. The van der Waals surface area contributed by atoms with Crippen LogP contribution in [-0.4, -0.2) is 12.8 Å². The van der Waals surface area contributed by atoms with Crippen LogP contribution in [0.25, 0.3) is 0 Å². The smallest absolute Gasteiger partial charge is 0.251 e. The fourth-order valence-electron chi connectivity index (χ4n) is 2.12. The van der Waals surface area contributed by atoms with Gasteiger partial charge >= 0.3 is 0 Å². The minimum absolute atomic E-state index is 0.305. The Morgan fingerprint density at radius 2 is 2.07 bits per heavy atom. The van der Waals surface area contributed by atoms with Gasteiger partial charge in [0.2, 0.25) is 0 Å². The summed E-state index contributed by atoms with van der Waals surface area (Å²) in [6, 6.07) is 6.16. The molecule has 1 aromatic rings. The molecule has 0 bridgehead atoms. The first-order valence-electron chi connectivity index (χ1n) is 5.47. The summed E-state index contributed by atoms with van der Waals surface area (Å²) in [6.07, 6.45) is 3.24. The molecule has 0 aromatic heterocycles. The topological polar surface area (TPSA) is 30.5 Å². The molecule has 3 nitrogen and oxygen atoms in total. The monoisotopic (exact) mass is 205 g/mol. The van der Waals surface area contributed by atoms with Crippen LogP contribution in [0, 0.1) is 0 Å². The van der Waals surface area contributed by atoms with Gasteiger partial charge in [0.1, 0.15) is 0 Å². The predicted octanol–water partition coefficient (Wildman–Crippen LogP) is 2.06. The number of rotatable bonds is 2. The first kappa shape index (κ1) is 9.04. The van der Waals surface area contributed by atoms with E-state index in [0.717, 1.165) is 30.9 Å². The lowest BCUT2D eigenvalue weighted by Crippen LogP contribution is -2.45. The molecule has 80 valence electrons. The number of hydrogen-bond donors (Lipinski definition) is 1. The van der Waals surface area contributed by atoms with Crippen LogP contribution in [0.5, 0.6) is 11.5 Å². The fourth-order valence-corrected chi connectivity index (χ4v) is 2.12. The molecule has 1 fully saturated rings. The molecule has 3 heteroatoms. The zero-order valence-electron chi connectivity index (χ0n) is 8.88. The molecule has 0 saturated heterocycles. The molecule has 1 heterocycles. The van der Waals surface area contributed by atoms with Crippen LogP contribution >= 0.6 is 0 Å². The van der Waals surface area contributed by atoms with Crippen molar-refractivity contribution in [2.45, 2.75) is 31.6 Å². The number of fused-ring (bicyclic) bond motifs is 1. The van der Waals surface area contributed by atoms with Gasteiger partial charge in [-0.25, -0.2) is 0 Å². The fraction of sp³-hybridized carbons (Fsp3) is 0.500. The molecule has 2 aliphatic rings. The average Bonchev–Trinajstić information content (AvgIpc) is 2.56. The van der Waals surface area contributed by atoms with Crippen molar-refractivity contribution in [3.8, 4) is 11.5 Å². The molecule has 0 atom stereocenters. The van der Waals surface area contributed by atoms with E-state index < -0.39 is 0 Å². The normalized spacial score (nSPS) is 20.3. The van der Waals surface area contributed by atoms with Gasteiger partial charge in [-0.3, -0.25) is 0 Å². The lowest BCUT2D eigenvalue weighted by molar-refractivity contribution is -0.138. The van der Waals surface area contributed by atoms with E-state index in [9.17, 15) is 0 Å². The van der Waals surface area contributed by atoms with Crippen LogP contribution in [-0.2, 0) is 6.54 Å². The summed E-state index contributed by atoms with van der Waals surface area (Å²) in [4.78, 5) is 0. The molecule has 1 aliphatic carbocycles. The molecule has 1 aromatic carbocycles. The van der Waals surface area contributed by atoms with Crippen molar-refractivity contribution in [3.63, 3.8) is 0 Å². The van der Waals surface area contributed by atoms with Gasteiger partial charge in [0.25, 0.3) is 5.79 Å². The van der Waals surface area contributed by atoms with E-state index >= 15 is 0 Å². The van der Waals surface area contributed by atoms with Crippen LogP contribution in [0.2, 0.25) is 0 Å². The number of nitrogens with one attached hydrogen (secondary N) is 1. The van der Waals surface area contributed by atoms with Gasteiger partial charge in [0, 0.05) is 19.4 Å². The van der Waals surface area contributed by atoms with Crippen LogP contribution in [0.15, 0.2) is 18.2 Å². The van der Waals surface area contributed by atoms with Crippen LogP contribution in [0.1, 0.15) is 24.8 Å². The molecular weight excluding hydrogens is 190 g/mol. The van der Waals surface area contributed by atoms with Gasteiger partial charge in [-0.15, -0.1) is 0 Å². The van der Waals surface area contributed by atoms with E-state index in [2.05, 4.69) is 17.4 Å². The maximum Gasteiger partial charge on any atom is 0.251 e. The summed E-state index contributed by atoms with van der Waals surface area (Å²) in [5.41, 5.74) is 1.23. The van der Waals surface area contributed by atoms with Gasteiger partial charge in [0.15, 0.2) is 11.5 Å². The quantitative estimate of drug-likeness (QED) is 0.801. The van der Waals surface area contributed by atoms with Gasteiger partial charge in [0.05, 0.1) is 0 Å². The van der Waals surface area contributed by atoms with E-state index in [-0.39, 0.29) is 5.79 Å². The van der Waals surface area contributed by atoms with Gasteiger partial charge in [-0.05, 0) is 31.2 Å². The Kier molecular flexibility index (Phi) is 1.89. The SMILES string of the molecule is CNCc1ccc2c(c1)OC1(CCC1)O2. The molecule has 3 rings (SSSR count). The molecule has 0 amide bonds. The van der Waals surface area contributed by atoms with Gasteiger partial charge in [-0.1, -0.05) is 6.07 Å². The molecule has 1 spiro atoms. The van der Waals surface area contributed by atoms with E-state index in [0.29, 0.717) is 0 Å². The maximum absolute atomic E-state index is 5.87. The largest absolute Gasteiger partial charge is 0.448 e. The van der Waals surface area contributed by atoms with Crippen LogP contribution in [0.4, 0.5) is 0 Å². The second-order valence-corrected chi connectivity index (χ2v) is 4.28. The predicted molar refractivity (Wildman–Crippen MR) is 57.0 cm³/mol. The minimum atomic E-state index is -0.305. The molecule has 1 saturated carbocycles. The highest BCUT2D eigenvalue weighted by Crippen LogP contribution is 2.48. The van der Waals surface area contributed by atoms with Crippen molar-refractivity contribution in [2.24, 2.45) is 0 Å². The zero-order valence-corrected chi connectivity index (χ0v) is 8.88. The van der Waals surface area contributed by atoms with Crippen molar-refractivity contribution in [1.82, 2.24) is 5.32 Å². The Hall–Kier alpha value is -1.22. The summed E-state index contributed by atoms with van der Waals surface area (Å²) in [6.45, 7) is 0.865. The van der Waals surface area contributed by atoms with Crippen molar-refractivity contribution in [2.75, 3.05) is 7.05 Å². The Morgan fingerprint density at radius 1 is 1.27 bits per heavy atom. The Balaban J connectivity index is 1.86. The molecule has 1 aliphatic heterocycles. The zero-order chi connectivity index (χ0) is 10.3. The third-order valence-electron chi connectivity index (χ3n) is 3.10. The van der Waals surface area contributed by atoms with Gasteiger partial charge < -0.3 is 14.8 Å². The van der Waals surface area contributed by atoms with E-state index in [1.165, 1.54) is 12.0 Å². The van der Waals surface area contributed by atoms with Crippen molar-refractivity contribution in [1.29, 1.82) is 0 Å². The molecule has 15 heavy (non-hydrogen) atoms. The van der Waals surface area contributed by atoms with Crippen molar-refractivity contribution < 1.29 is 9.47 Å². The molecular formula is C12H15NO2. The van der Waals surface area contributed by atoms with Crippen LogP contribution in [0.3, 0.4) is 0 Å². The summed E-state index contributed by atoms with van der Waals surface area (Å²) >= 11 is 0. The standard InChI is InChI=1S/C12H15NO2/c1-13-8-9-3-4-10-11(7-9)15-12(14-10)5-2-6-12/h3-4,7,13H,2,5-6,8H2,1H3. The number of hydrogen-bond acceptors (Lipinski definition) is 3. The minimum Gasteiger partial charge on any atom is -0.448 e. The molecule has 0 radical (unpaired) electrons. The van der Waals surface area contributed by atoms with Crippen molar-refractivity contribution in [3.05, 3.63) is 23.8 Å². The third-order valence-corrected chi connectivity index (χ3v) is 3.10. The summed E-state index contributed by atoms with van der Waals surface area (Å²) in [7, 11) is 1.94. The van der Waals surface area contributed by atoms with Crippen LogP contribution < -0.4 is 14.8 Å². The summed E-state index contributed by atoms with van der Waals surface area (Å²) < 4.78 is 11.7. The molecule has 1 N–H and O–H groups in total. The Labute approximate surface area is 89.4 Å². The Bertz CT molecular complexity index is 385. The number of ether oxygens (including phenoxy) is 2. The maximum atomic E-state index is 5.87.